The molecule has 142 valence electrons. The molecular weight excluding hydrogens is 345 g/mol. The molecule has 5 nitrogen and oxygen atoms in total. The van der Waals surface area contributed by atoms with Gasteiger partial charge in [-0.2, -0.15) is 0 Å². The number of carbonyl (C=O) groups is 1. The van der Waals surface area contributed by atoms with Gasteiger partial charge in [-0.25, -0.2) is 4.39 Å². The Morgan fingerprint density at radius 3 is 2.48 bits per heavy atom. The van der Waals surface area contributed by atoms with E-state index in [0.29, 0.717) is 40.3 Å². The van der Waals surface area contributed by atoms with Gasteiger partial charge in [0.25, 0.3) is 0 Å². The number of likely N-dealkylation sites (N-methyl/N-ethyl adjacent to an activating group) is 1. The summed E-state index contributed by atoms with van der Waals surface area (Å²) in [5, 5.41) is 0.781. The minimum Gasteiger partial charge on any atom is -0.304 e. The van der Waals surface area contributed by atoms with Crippen LogP contribution in [0.3, 0.4) is 0 Å². The second-order valence-corrected chi connectivity index (χ2v) is 6.55. The minimum absolute atomic E-state index is 0.212. The van der Waals surface area contributed by atoms with Crippen molar-refractivity contribution in [3.8, 4) is 0 Å². The van der Waals surface area contributed by atoms with Gasteiger partial charge in [-0.3, -0.25) is 19.7 Å². The van der Waals surface area contributed by atoms with Gasteiger partial charge in [-0.05, 0) is 43.8 Å². The number of aromatic nitrogens is 1. The van der Waals surface area contributed by atoms with E-state index in [1.165, 1.54) is 13.0 Å². The lowest BCUT2D eigenvalue weighted by atomic mass is 10.0. The van der Waals surface area contributed by atoms with E-state index in [1.54, 1.807) is 35.0 Å². The van der Waals surface area contributed by atoms with Crippen molar-refractivity contribution in [1.29, 1.82) is 0 Å². The predicted molar refractivity (Wildman–Crippen MR) is 107 cm³/mol. The molecular formula is C21H24FN3O2. The van der Waals surface area contributed by atoms with Gasteiger partial charge < -0.3 is 4.90 Å². The smallest absolute Gasteiger partial charge is 0.235 e. The Labute approximate surface area is 157 Å². The van der Waals surface area contributed by atoms with Crippen molar-refractivity contribution in [3.05, 3.63) is 58.0 Å². The van der Waals surface area contributed by atoms with Crippen LogP contribution in [0.4, 0.5) is 4.39 Å². The standard InChI is InChI=1S/C21H24FN3O2/c1-4-24(5-2)13-12-15-17(22)10-11-19-20(15)21(27)16-8-6-7-9-18(16)25(19)23-14(3)26/h6-11H,4-5,12-13H2,1-3H3,(H,23,26). The Morgan fingerprint density at radius 2 is 1.81 bits per heavy atom. The summed E-state index contributed by atoms with van der Waals surface area (Å²) in [6.45, 7) is 7.91. The molecule has 0 spiro atoms. The highest BCUT2D eigenvalue weighted by molar-refractivity contribution is 5.97. The maximum atomic E-state index is 14.7. The molecule has 0 aliphatic carbocycles. The maximum absolute atomic E-state index is 14.7. The van der Waals surface area contributed by atoms with Gasteiger partial charge in [-0.15, -0.1) is 0 Å². The van der Waals surface area contributed by atoms with Gasteiger partial charge in [-0.1, -0.05) is 26.0 Å². The number of nitrogens with zero attached hydrogens (tertiary/aromatic N) is 2. The normalized spacial score (nSPS) is 11.4. The lowest BCUT2D eigenvalue weighted by Gasteiger charge is -2.20. The van der Waals surface area contributed by atoms with Crippen LogP contribution in [-0.4, -0.2) is 35.1 Å². The first kappa shape index (κ1) is 19.0. The third-order valence-corrected chi connectivity index (χ3v) is 4.93. The zero-order valence-corrected chi connectivity index (χ0v) is 15.9. The third-order valence-electron chi connectivity index (χ3n) is 4.93. The van der Waals surface area contributed by atoms with E-state index < -0.39 is 5.82 Å². The summed E-state index contributed by atoms with van der Waals surface area (Å²) in [5.74, 6) is -0.657. The molecule has 0 saturated heterocycles. The SMILES string of the molecule is CCN(CC)CCc1c(F)ccc2c1c(=O)c1ccccc1n2NC(C)=O. The van der Waals surface area contributed by atoms with Gasteiger partial charge >= 0.3 is 0 Å². The zero-order valence-electron chi connectivity index (χ0n) is 15.9. The van der Waals surface area contributed by atoms with Crippen molar-refractivity contribution in [2.45, 2.75) is 27.2 Å². The molecule has 0 aliphatic rings. The molecule has 1 amide bonds. The van der Waals surface area contributed by atoms with E-state index in [4.69, 9.17) is 0 Å². The molecule has 0 saturated carbocycles. The molecule has 1 N–H and O–H groups in total. The summed E-state index contributed by atoms with van der Waals surface area (Å²) < 4.78 is 16.3. The van der Waals surface area contributed by atoms with E-state index in [0.717, 1.165) is 13.1 Å². The van der Waals surface area contributed by atoms with Crippen molar-refractivity contribution in [3.63, 3.8) is 0 Å². The number of rotatable bonds is 6. The van der Waals surface area contributed by atoms with Crippen LogP contribution < -0.4 is 10.9 Å². The molecule has 1 heterocycles. The molecule has 3 aromatic rings. The fourth-order valence-corrected chi connectivity index (χ4v) is 3.51. The van der Waals surface area contributed by atoms with E-state index in [1.807, 2.05) is 0 Å². The molecule has 27 heavy (non-hydrogen) atoms. The maximum Gasteiger partial charge on any atom is 0.235 e. The highest BCUT2D eigenvalue weighted by Crippen LogP contribution is 2.24. The summed E-state index contributed by atoms with van der Waals surface area (Å²) >= 11 is 0. The summed E-state index contributed by atoms with van der Waals surface area (Å²) in [7, 11) is 0. The quantitative estimate of drug-likeness (QED) is 0.679. The molecule has 0 unspecified atom stereocenters. The number of benzene rings is 2. The molecule has 0 fully saturated rings. The van der Waals surface area contributed by atoms with Gasteiger partial charge in [0.1, 0.15) is 5.82 Å². The van der Waals surface area contributed by atoms with E-state index in [9.17, 15) is 14.0 Å². The number of para-hydroxylation sites is 1. The van der Waals surface area contributed by atoms with Crippen molar-refractivity contribution in [2.24, 2.45) is 0 Å². The highest BCUT2D eigenvalue weighted by atomic mass is 19.1. The average molecular weight is 369 g/mol. The molecule has 3 rings (SSSR count). The second kappa shape index (κ2) is 7.88. The first-order valence-corrected chi connectivity index (χ1v) is 9.22. The Balaban J connectivity index is 2.31. The number of amides is 1. The summed E-state index contributed by atoms with van der Waals surface area (Å²) in [4.78, 5) is 27.1. The van der Waals surface area contributed by atoms with Crippen LogP contribution in [0.1, 0.15) is 26.3 Å². The van der Waals surface area contributed by atoms with E-state index in [2.05, 4.69) is 24.2 Å². The van der Waals surface area contributed by atoms with Crippen LogP contribution in [-0.2, 0) is 11.2 Å². The van der Waals surface area contributed by atoms with Gasteiger partial charge in [0.2, 0.25) is 5.91 Å². The van der Waals surface area contributed by atoms with Gasteiger partial charge in [0, 0.05) is 24.4 Å². The zero-order chi connectivity index (χ0) is 19.6. The number of nitrogens with one attached hydrogen (secondary N) is 1. The fraction of sp³-hybridized carbons (Fsp3) is 0.333. The first-order valence-electron chi connectivity index (χ1n) is 9.22. The van der Waals surface area contributed by atoms with Gasteiger partial charge in [0.15, 0.2) is 5.43 Å². The number of hydrogen-bond acceptors (Lipinski definition) is 3. The number of hydrogen-bond donors (Lipinski definition) is 1. The number of pyridine rings is 1. The van der Waals surface area contributed by atoms with Crippen LogP contribution in [0.2, 0.25) is 0 Å². The van der Waals surface area contributed by atoms with Crippen molar-refractivity contribution >= 4 is 27.7 Å². The largest absolute Gasteiger partial charge is 0.304 e. The lowest BCUT2D eigenvalue weighted by molar-refractivity contribution is -0.115. The second-order valence-electron chi connectivity index (χ2n) is 6.55. The minimum atomic E-state index is -0.392. The highest BCUT2D eigenvalue weighted by Gasteiger charge is 2.18. The number of carbonyl (C=O) groups excluding carboxylic acids is 1. The summed E-state index contributed by atoms with van der Waals surface area (Å²) in [6.07, 6.45) is 0.429. The molecule has 2 aromatic carbocycles. The number of fused-ring (bicyclic) bond motifs is 2. The molecule has 0 aliphatic heterocycles. The molecule has 0 atom stereocenters. The topological polar surface area (TPSA) is 54.3 Å². The van der Waals surface area contributed by atoms with Crippen LogP contribution in [0.5, 0.6) is 0 Å². The Hall–Kier alpha value is -2.73. The van der Waals surface area contributed by atoms with Crippen LogP contribution >= 0.6 is 0 Å². The van der Waals surface area contributed by atoms with Crippen LogP contribution in [0.15, 0.2) is 41.2 Å². The van der Waals surface area contributed by atoms with Crippen molar-refractivity contribution in [2.75, 3.05) is 25.1 Å². The van der Waals surface area contributed by atoms with E-state index >= 15 is 0 Å². The van der Waals surface area contributed by atoms with Crippen LogP contribution in [0.25, 0.3) is 21.8 Å². The van der Waals surface area contributed by atoms with Crippen molar-refractivity contribution < 1.29 is 9.18 Å². The monoisotopic (exact) mass is 369 g/mol. The number of halogens is 1. The third kappa shape index (κ3) is 3.57. The summed E-state index contributed by atoms with van der Waals surface area (Å²) in [6, 6.07) is 9.96. The fourth-order valence-electron chi connectivity index (χ4n) is 3.51. The average Bonchev–Trinajstić information content (AvgIpc) is 2.66. The van der Waals surface area contributed by atoms with Crippen LogP contribution in [0, 0.1) is 5.82 Å². The molecule has 6 heteroatoms. The van der Waals surface area contributed by atoms with Crippen molar-refractivity contribution in [1.82, 2.24) is 9.58 Å². The Bertz CT molecular complexity index is 1050. The molecule has 0 radical (unpaired) electrons. The van der Waals surface area contributed by atoms with Gasteiger partial charge in [0.05, 0.1) is 16.4 Å². The molecule has 1 aromatic heterocycles. The predicted octanol–water partition coefficient (Wildman–Crippen LogP) is 3.27. The summed E-state index contributed by atoms with van der Waals surface area (Å²) in [5.41, 5.74) is 4.04. The Kier molecular flexibility index (Phi) is 5.56. The lowest BCUT2D eigenvalue weighted by Crippen LogP contribution is -2.27. The molecule has 0 bridgehead atoms. The first-order chi connectivity index (χ1) is 13.0. The Morgan fingerprint density at radius 1 is 1.11 bits per heavy atom. The van der Waals surface area contributed by atoms with E-state index in [-0.39, 0.29) is 11.3 Å².